The van der Waals surface area contributed by atoms with Gasteiger partial charge in [-0.15, -0.1) is 0 Å². The zero-order valence-corrected chi connectivity index (χ0v) is 30.0. The van der Waals surface area contributed by atoms with E-state index in [1.54, 1.807) is 26.0 Å². The highest BCUT2D eigenvalue weighted by molar-refractivity contribution is 6.74. The average Bonchev–Trinajstić information content (AvgIpc) is 3.08. The van der Waals surface area contributed by atoms with Gasteiger partial charge in [-0.2, -0.15) is 0 Å². The third kappa shape index (κ3) is 14.5. The summed E-state index contributed by atoms with van der Waals surface area (Å²) in [5.41, 5.74) is 11.6. The molecule has 282 valence electrons. The predicted octanol–water partition coefficient (Wildman–Crippen LogP) is -1.03. The van der Waals surface area contributed by atoms with Crippen molar-refractivity contribution in [2.75, 3.05) is 6.54 Å². The van der Waals surface area contributed by atoms with Crippen molar-refractivity contribution in [3.63, 3.8) is 0 Å². The molecular formula is C35H50BN7O9. The number of fused-ring (bicyclic) bond motifs is 1. The van der Waals surface area contributed by atoms with Gasteiger partial charge in [0, 0.05) is 6.42 Å². The standard InChI is InChI=1S/C35H50BN7O9/c1-5-6-13-36-27(44)18-39-35(52)30(19(2)3)43-31(48)20(4)40-33(50)26(17-28(38)45)42-34(51)25(41-32(49)24(37)16-29(46)47)15-21-11-12-22-9-7-8-10-23(22)14-21/h7-12,14,19-20,24-26,30,36H,5-6,13,15-18,37H2,1-4H3,(H2,38,45)(H,39,52)(H,40,50)(H,41,49)(H,42,51)(H,43,48)(H,46,47)/t20-,24-,25-,26-,30-/m0/s1. The highest BCUT2D eigenvalue weighted by Crippen LogP contribution is 2.17. The minimum absolute atomic E-state index is 0.102. The third-order valence-corrected chi connectivity index (χ3v) is 8.17. The number of carbonyl (C=O) groups is 8. The Morgan fingerprint density at radius 1 is 0.769 bits per heavy atom. The van der Waals surface area contributed by atoms with Gasteiger partial charge < -0.3 is 48.0 Å². The van der Waals surface area contributed by atoms with Gasteiger partial charge >= 0.3 is 5.97 Å². The van der Waals surface area contributed by atoms with Crippen LogP contribution < -0.4 is 38.1 Å². The Labute approximate surface area is 303 Å². The Hall–Kier alpha value is -5.32. The van der Waals surface area contributed by atoms with Crippen LogP contribution in [-0.2, 0) is 44.8 Å². The van der Waals surface area contributed by atoms with E-state index in [9.17, 15) is 38.4 Å². The molecule has 2 aromatic carbocycles. The summed E-state index contributed by atoms with van der Waals surface area (Å²) < 4.78 is 0. The topological polar surface area (TPSA) is 269 Å². The Balaban J connectivity index is 2.18. The molecule has 0 fully saturated rings. The van der Waals surface area contributed by atoms with Crippen LogP contribution in [0.5, 0.6) is 0 Å². The number of rotatable bonds is 22. The lowest BCUT2D eigenvalue weighted by atomic mass is 9.68. The maximum Gasteiger partial charge on any atom is 0.305 e. The highest BCUT2D eigenvalue weighted by Gasteiger charge is 2.32. The molecule has 0 aliphatic heterocycles. The number of carboxylic acids is 1. The summed E-state index contributed by atoms with van der Waals surface area (Å²) in [4.78, 5) is 101. The molecule has 0 saturated heterocycles. The second-order valence-electron chi connectivity index (χ2n) is 13.1. The van der Waals surface area contributed by atoms with E-state index in [2.05, 4.69) is 26.6 Å². The number of primary amides is 1. The summed E-state index contributed by atoms with van der Waals surface area (Å²) in [7, 11) is 0.327. The molecule has 5 atom stereocenters. The number of hydrogen-bond donors (Lipinski definition) is 8. The zero-order valence-electron chi connectivity index (χ0n) is 30.0. The van der Waals surface area contributed by atoms with E-state index in [0.29, 0.717) is 19.2 Å². The maximum atomic E-state index is 13.6. The smallest absolute Gasteiger partial charge is 0.305 e. The van der Waals surface area contributed by atoms with Crippen molar-refractivity contribution in [1.29, 1.82) is 0 Å². The van der Waals surface area contributed by atoms with Gasteiger partial charge in [0.25, 0.3) is 0 Å². The van der Waals surface area contributed by atoms with Gasteiger partial charge in [0.15, 0.2) is 0 Å². The monoisotopic (exact) mass is 723 g/mol. The first-order valence-electron chi connectivity index (χ1n) is 17.3. The van der Waals surface area contributed by atoms with Crippen LogP contribution in [0.1, 0.15) is 58.9 Å². The molecular weight excluding hydrogens is 673 g/mol. The van der Waals surface area contributed by atoms with Gasteiger partial charge in [-0.25, -0.2) is 0 Å². The number of nitrogens with two attached hydrogens (primary N) is 2. The van der Waals surface area contributed by atoms with Crippen LogP contribution in [0.4, 0.5) is 0 Å². The van der Waals surface area contributed by atoms with Crippen molar-refractivity contribution in [2.45, 2.75) is 96.3 Å². The number of aliphatic carboxylic acids is 1. The van der Waals surface area contributed by atoms with Gasteiger partial charge in [-0.1, -0.05) is 82.4 Å². The van der Waals surface area contributed by atoms with Gasteiger partial charge in [-0.05, 0) is 29.2 Å². The van der Waals surface area contributed by atoms with Crippen LogP contribution in [0.3, 0.4) is 0 Å². The molecule has 10 N–H and O–H groups in total. The third-order valence-electron chi connectivity index (χ3n) is 8.17. The predicted molar refractivity (Wildman–Crippen MR) is 195 cm³/mol. The first-order valence-corrected chi connectivity index (χ1v) is 17.3. The minimum atomic E-state index is -1.59. The average molecular weight is 724 g/mol. The van der Waals surface area contributed by atoms with Crippen molar-refractivity contribution in [2.24, 2.45) is 17.4 Å². The number of unbranched alkanes of at least 4 members (excludes halogenated alkanes) is 1. The number of carboxylic acid groups (broad SMARTS) is 1. The lowest BCUT2D eigenvalue weighted by Gasteiger charge is -2.26. The Kier molecular flexibility index (Phi) is 17.4. The Morgan fingerprint density at radius 3 is 2.02 bits per heavy atom. The largest absolute Gasteiger partial charge is 0.481 e. The lowest BCUT2D eigenvalue weighted by Crippen LogP contribution is -2.59. The number of nitrogens with one attached hydrogen (secondary N) is 5. The van der Waals surface area contributed by atoms with Crippen molar-refractivity contribution < 1.29 is 43.5 Å². The van der Waals surface area contributed by atoms with Crippen LogP contribution in [-0.4, -0.2) is 96.2 Å². The van der Waals surface area contributed by atoms with E-state index < -0.39 is 84.5 Å². The lowest BCUT2D eigenvalue weighted by molar-refractivity contribution is -0.140. The first kappa shape index (κ1) is 42.9. The van der Waals surface area contributed by atoms with Crippen LogP contribution in [0.15, 0.2) is 42.5 Å². The molecule has 17 heteroatoms. The fraction of sp³-hybridized carbons (Fsp3) is 0.486. The summed E-state index contributed by atoms with van der Waals surface area (Å²) in [6.07, 6.45) is 1.06. The normalized spacial score (nSPS) is 13.8. The second-order valence-corrected chi connectivity index (χ2v) is 13.1. The number of benzene rings is 2. The molecule has 6 amide bonds. The van der Waals surface area contributed by atoms with Crippen molar-refractivity contribution in [1.82, 2.24) is 26.6 Å². The molecule has 16 nitrogen and oxygen atoms in total. The summed E-state index contributed by atoms with van der Waals surface area (Å²) in [6, 6.07) is 6.02. The number of hydrogen-bond acceptors (Lipinski definition) is 9. The van der Waals surface area contributed by atoms with E-state index in [0.717, 1.165) is 23.6 Å². The summed E-state index contributed by atoms with van der Waals surface area (Å²) in [5, 5.41) is 23.2. The SMILES string of the molecule is CCCCBC(=O)CNC(=O)[C@@H](NC(=O)[C@H](C)NC(=O)[C@H](CC(N)=O)NC(=O)[C@H](Cc1ccc2ccccc2c1)NC(=O)[C@@H](N)CC(=O)O)C(C)C. The molecule has 52 heavy (non-hydrogen) atoms. The fourth-order valence-corrected chi connectivity index (χ4v) is 5.20. The van der Waals surface area contributed by atoms with Crippen LogP contribution in [0.25, 0.3) is 10.8 Å². The van der Waals surface area contributed by atoms with E-state index >= 15 is 0 Å². The van der Waals surface area contributed by atoms with E-state index in [4.69, 9.17) is 16.6 Å². The van der Waals surface area contributed by atoms with Crippen LogP contribution >= 0.6 is 0 Å². The fourth-order valence-electron chi connectivity index (χ4n) is 5.20. The second kappa shape index (κ2) is 21.1. The molecule has 0 aliphatic rings. The molecule has 0 unspecified atom stereocenters. The molecule has 2 rings (SSSR count). The van der Waals surface area contributed by atoms with Crippen molar-refractivity contribution in [3.05, 3.63) is 48.0 Å². The van der Waals surface area contributed by atoms with Gasteiger partial charge in [0.05, 0.1) is 25.4 Å². The Bertz CT molecular complexity index is 1620. The van der Waals surface area contributed by atoms with Gasteiger partial charge in [0.1, 0.15) is 29.8 Å². The quantitative estimate of drug-likeness (QED) is 0.0541. The molecule has 0 heterocycles. The van der Waals surface area contributed by atoms with E-state index in [-0.39, 0.29) is 24.6 Å². The molecule has 0 bridgehead atoms. The molecule has 0 aromatic heterocycles. The number of amides is 6. The first-order chi connectivity index (χ1) is 24.5. The molecule has 0 spiro atoms. The molecule has 2 aromatic rings. The summed E-state index contributed by atoms with van der Waals surface area (Å²) in [6.45, 7) is 6.54. The number of carbonyl (C=O) groups excluding carboxylic acids is 7. The molecule has 0 saturated carbocycles. The van der Waals surface area contributed by atoms with Gasteiger partial charge in [0.2, 0.25) is 42.7 Å². The maximum absolute atomic E-state index is 13.6. The van der Waals surface area contributed by atoms with E-state index in [1.165, 1.54) is 6.92 Å². The zero-order chi connectivity index (χ0) is 39.0. The molecule has 0 aliphatic carbocycles. The highest BCUT2D eigenvalue weighted by atomic mass is 16.4. The van der Waals surface area contributed by atoms with Crippen molar-refractivity contribution in [3.8, 4) is 0 Å². The van der Waals surface area contributed by atoms with Crippen molar-refractivity contribution >= 4 is 65.1 Å². The van der Waals surface area contributed by atoms with Gasteiger partial charge in [-0.3, -0.25) is 33.6 Å². The van der Waals surface area contributed by atoms with Crippen LogP contribution in [0.2, 0.25) is 6.32 Å². The van der Waals surface area contributed by atoms with E-state index in [1.807, 2.05) is 37.3 Å². The summed E-state index contributed by atoms with van der Waals surface area (Å²) >= 11 is 0. The Morgan fingerprint density at radius 2 is 1.40 bits per heavy atom. The van der Waals surface area contributed by atoms with Crippen LogP contribution in [0, 0.1) is 5.92 Å². The molecule has 0 radical (unpaired) electrons. The minimum Gasteiger partial charge on any atom is -0.481 e. The summed E-state index contributed by atoms with van der Waals surface area (Å²) in [5.74, 6) is -6.82.